The van der Waals surface area contributed by atoms with Gasteiger partial charge in [-0.2, -0.15) is 0 Å². The molecule has 2 fully saturated rings. The molecule has 1 heterocycles. The molecule has 1 unspecified atom stereocenters. The maximum absolute atomic E-state index is 13.1. The van der Waals surface area contributed by atoms with Crippen molar-refractivity contribution in [2.75, 3.05) is 11.6 Å². The minimum absolute atomic E-state index is 0.0553. The molecule has 2 amide bonds. The average molecular weight is 429 g/mol. The second-order valence-electron chi connectivity index (χ2n) is 7.79. The second-order valence-corrected chi connectivity index (χ2v) is 10.7. The summed E-state index contributed by atoms with van der Waals surface area (Å²) in [6.07, 6.45) is 12.1. The van der Waals surface area contributed by atoms with Crippen LogP contribution in [0.5, 0.6) is 0 Å². The lowest BCUT2D eigenvalue weighted by atomic mass is 9.89. The molecule has 2 aliphatic rings. The SMILES string of the molecule is CS(=O)(=O)C(N=O)c1csc(NC(=O)N(C2CCCCC2)C2CCCCC2)n1. The van der Waals surface area contributed by atoms with E-state index >= 15 is 0 Å². The van der Waals surface area contributed by atoms with E-state index in [4.69, 9.17) is 0 Å². The van der Waals surface area contributed by atoms with Gasteiger partial charge in [0.25, 0.3) is 0 Å². The van der Waals surface area contributed by atoms with Crippen LogP contribution in [0.25, 0.3) is 0 Å². The number of amides is 2. The van der Waals surface area contributed by atoms with Crippen LogP contribution in [-0.2, 0) is 9.84 Å². The first-order valence-corrected chi connectivity index (χ1v) is 12.8. The van der Waals surface area contributed by atoms with E-state index in [-0.39, 0.29) is 23.8 Å². The average Bonchev–Trinajstić information content (AvgIpc) is 3.11. The second kappa shape index (κ2) is 9.30. The van der Waals surface area contributed by atoms with E-state index in [1.54, 1.807) is 0 Å². The lowest BCUT2D eigenvalue weighted by Gasteiger charge is -2.41. The highest BCUT2D eigenvalue weighted by Gasteiger charge is 2.33. The summed E-state index contributed by atoms with van der Waals surface area (Å²) >= 11 is 1.12. The van der Waals surface area contributed by atoms with Gasteiger partial charge >= 0.3 is 6.03 Å². The summed E-state index contributed by atoms with van der Waals surface area (Å²) < 4.78 is 23.4. The van der Waals surface area contributed by atoms with Gasteiger partial charge in [-0.15, -0.1) is 16.2 Å². The van der Waals surface area contributed by atoms with Crippen molar-refractivity contribution < 1.29 is 13.2 Å². The number of carbonyl (C=O) groups excluding carboxylic acids is 1. The highest BCUT2D eigenvalue weighted by atomic mass is 32.2. The number of sulfone groups is 1. The third kappa shape index (κ3) is 5.08. The maximum Gasteiger partial charge on any atom is 0.324 e. The van der Waals surface area contributed by atoms with Crippen molar-refractivity contribution in [2.45, 2.75) is 81.7 Å². The summed E-state index contributed by atoms with van der Waals surface area (Å²) in [5.74, 6) is 0. The van der Waals surface area contributed by atoms with E-state index in [9.17, 15) is 18.1 Å². The number of hydrogen-bond acceptors (Lipinski definition) is 7. The number of nitroso groups, excluding NO2 is 1. The van der Waals surface area contributed by atoms with E-state index in [0.29, 0.717) is 5.13 Å². The predicted octanol–water partition coefficient (Wildman–Crippen LogP) is 4.45. The van der Waals surface area contributed by atoms with E-state index in [2.05, 4.69) is 15.5 Å². The number of aromatic nitrogens is 1. The molecule has 2 saturated carbocycles. The summed E-state index contributed by atoms with van der Waals surface area (Å²) in [4.78, 5) is 30.2. The van der Waals surface area contributed by atoms with Crippen LogP contribution in [0.3, 0.4) is 0 Å². The van der Waals surface area contributed by atoms with Gasteiger partial charge in [-0.1, -0.05) is 38.5 Å². The van der Waals surface area contributed by atoms with Crippen molar-refractivity contribution in [2.24, 2.45) is 5.18 Å². The highest BCUT2D eigenvalue weighted by molar-refractivity contribution is 7.90. The van der Waals surface area contributed by atoms with Crippen LogP contribution in [0.2, 0.25) is 0 Å². The Bertz CT molecular complexity index is 765. The lowest BCUT2D eigenvalue weighted by molar-refractivity contribution is 0.114. The largest absolute Gasteiger partial charge is 0.324 e. The minimum atomic E-state index is -3.69. The third-order valence-corrected chi connectivity index (χ3v) is 7.58. The van der Waals surface area contributed by atoms with Gasteiger partial charge in [0.1, 0.15) is 0 Å². The number of anilines is 1. The molecule has 0 aromatic carbocycles. The number of nitrogens with zero attached hydrogens (tertiary/aromatic N) is 3. The van der Waals surface area contributed by atoms with Crippen LogP contribution in [0.4, 0.5) is 9.93 Å². The summed E-state index contributed by atoms with van der Waals surface area (Å²) in [5, 5.41) is 5.76. The van der Waals surface area contributed by atoms with Gasteiger partial charge in [0.15, 0.2) is 15.0 Å². The van der Waals surface area contributed by atoms with Crippen molar-refractivity contribution in [3.8, 4) is 0 Å². The topological polar surface area (TPSA) is 109 Å². The van der Waals surface area contributed by atoms with Crippen molar-refractivity contribution in [1.29, 1.82) is 0 Å². The first-order chi connectivity index (χ1) is 13.4. The number of hydrogen-bond donors (Lipinski definition) is 1. The van der Waals surface area contributed by atoms with Gasteiger partial charge in [0.2, 0.25) is 5.37 Å². The van der Waals surface area contributed by atoms with Crippen LogP contribution in [0.15, 0.2) is 10.6 Å². The molecule has 1 aromatic heterocycles. The Balaban J connectivity index is 1.75. The van der Waals surface area contributed by atoms with Crippen LogP contribution in [0, 0.1) is 4.91 Å². The number of thiazole rings is 1. The fourth-order valence-corrected chi connectivity index (χ4v) is 5.83. The maximum atomic E-state index is 13.1. The Morgan fingerprint density at radius 3 is 2.14 bits per heavy atom. The third-order valence-electron chi connectivity index (χ3n) is 5.66. The van der Waals surface area contributed by atoms with Gasteiger partial charge < -0.3 is 4.90 Å². The van der Waals surface area contributed by atoms with E-state index in [1.807, 2.05) is 4.90 Å². The summed E-state index contributed by atoms with van der Waals surface area (Å²) in [6.45, 7) is 0. The normalized spacial score (nSPS) is 20.5. The van der Waals surface area contributed by atoms with Gasteiger partial charge in [0, 0.05) is 23.7 Å². The molecule has 156 valence electrons. The zero-order valence-electron chi connectivity index (χ0n) is 16.2. The molecule has 1 atom stereocenters. The monoisotopic (exact) mass is 428 g/mol. The van der Waals surface area contributed by atoms with Crippen molar-refractivity contribution in [3.05, 3.63) is 16.0 Å². The van der Waals surface area contributed by atoms with Crippen LogP contribution >= 0.6 is 11.3 Å². The molecule has 10 heteroatoms. The molecular formula is C18H28N4O4S2. The molecule has 0 spiro atoms. The fraction of sp³-hybridized carbons (Fsp3) is 0.778. The summed E-state index contributed by atoms with van der Waals surface area (Å²) in [5.41, 5.74) is 0.0553. The first kappa shape index (κ1) is 21.2. The molecule has 2 aliphatic carbocycles. The number of carbonyl (C=O) groups is 1. The lowest BCUT2D eigenvalue weighted by Crippen LogP contribution is -2.50. The molecule has 0 aliphatic heterocycles. The molecule has 8 nitrogen and oxygen atoms in total. The van der Waals surface area contributed by atoms with Crippen molar-refractivity contribution in [3.63, 3.8) is 0 Å². The molecule has 28 heavy (non-hydrogen) atoms. The Morgan fingerprint density at radius 1 is 1.14 bits per heavy atom. The molecule has 0 bridgehead atoms. The Morgan fingerprint density at radius 2 is 1.68 bits per heavy atom. The van der Waals surface area contributed by atoms with Crippen LogP contribution in [-0.4, -0.2) is 42.7 Å². The van der Waals surface area contributed by atoms with Crippen LogP contribution in [0.1, 0.15) is 75.3 Å². The Labute approximate surface area is 170 Å². The number of nitrogens with one attached hydrogen (secondary N) is 1. The molecular weight excluding hydrogens is 400 g/mol. The molecule has 1 aromatic rings. The standard InChI is InChI=1S/C18H28N4O4S2/c1-28(25,26)16(21-24)15-12-27-17(19-15)20-18(23)22(13-8-4-2-5-9-13)14-10-6-3-7-11-14/h12-14,16H,2-11H2,1H3,(H,19,20,23). The summed E-state index contributed by atoms with van der Waals surface area (Å²) in [6, 6.07) is 0.322. The molecule has 0 saturated heterocycles. The van der Waals surface area contributed by atoms with Gasteiger partial charge in [-0.25, -0.2) is 18.2 Å². The van der Waals surface area contributed by atoms with Gasteiger partial charge in [0.05, 0.1) is 5.69 Å². The smallest absolute Gasteiger partial charge is 0.319 e. The molecule has 3 rings (SSSR count). The Kier molecular flexibility index (Phi) is 7.03. The van der Waals surface area contributed by atoms with Crippen molar-refractivity contribution >= 4 is 32.3 Å². The van der Waals surface area contributed by atoms with E-state index < -0.39 is 15.2 Å². The van der Waals surface area contributed by atoms with E-state index in [0.717, 1.165) is 69.0 Å². The van der Waals surface area contributed by atoms with Gasteiger partial charge in [-0.05, 0) is 30.9 Å². The zero-order chi connectivity index (χ0) is 20.1. The number of urea groups is 1. The highest BCUT2D eigenvalue weighted by Crippen LogP contribution is 2.32. The van der Waals surface area contributed by atoms with Crippen LogP contribution < -0.4 is 5.32 Å². The predicted molar refractivity (Wildman–Crippen MR) is 110 cm³/mol. The summed E-state index contributed by atoms with van der Waals surface area (Å²) in [7, 11) is -3.69. The zero-order valence-corrected chi connectivity index (χ0v) is 17.8. The Hall–Kier alpha value is -1.55. The molecule has 1 N–H and O–H groups in total. The first-order valence-electron chi connectivity index (χ1n) is 9.96. The minimum Gasteiger partial charge on any atom is -0.319 e. The fourth-order valence-electron chi connectivity index (χ4n) is 4.31. The quantitative estimate of drug-likeness (QED) is 0.673. The van der Waals surface area contributed by atoms with E-state index in [1.165, 1.54) is 18.2 Å². The molecule has 0 radical (unpaired) electrons. The number of rotatable bonds is 6. The van der Waals surface area contributed by atoms with Gasteiger partial charge in [-0.3, -0.25) is 5.32 Å². The van der Waals surface area contributed by atoms with Crippen molar-refractivity contribution in [1.82, 2.24) is 9.88 Å².